The fourth-order valence-corrected chi connectivity index (χ4v) is 1.21. The number of nitrogens with zero attached hydrogens (tertiary/aromatic N) is 2. The molecule has 2 rings (SSSR count). The first kappa shape index (κ1) is 8.13. The van der Waals surface area contributed by atoms with Crippen LogP contribution in [-0.2, 0) is 0 Å². The second-order valence-electron chi connectivity index (χ2n) is 3.43. The molecule has 0 saturated heterocycles. The lowest BCUT2D eigenvalue weighted by molar-refractivity contribution is 0.743. The van der Waals surface area contributed by atoms with Crippen molar-refractivity contribution < 1.29 is 0 Å². The third-order valence-electron chi connectivity index (χ3n) is 2.04. The predicted octanol–water partition coefficient (Wildman–Crippen LogP) is 1.23. The molecule has 0 aromatic carbocycles. The number of hydrogen-bond acceptors (Lipinski definition) is 3. The van der Waals surface area contributed by atoms with Crippen molar-refractivity contribution in [3.63, 3.8) is 0 Å². The van der Waals surface area contributed by atoms with Gasteiger partial charge in [0.15, 0.2) is 0 Å². The summed E-state index contributed by atoms with van der Waals surface area (Å²) in [7, 11) is 0. The molecule has 0 bridgehead atoms. The smallest absolute Gasteiger partial charge is 0.0574 e. The van der Waals surface area contributed by atoms with Crippen molar-refractivity contribution in [2.45, 2.75) is 12.5 Å². The SMILES string of the molecule is CC1(N)C=Cc2cnncc2C=C1. The van der Waals surface area contributed by atoms with Gasteiger partial charge in [0.2, 0.25) is 0 Å². The van der Waals surface area contributed by atoms with Gasteiger partial charge in [-0.1, -0.05) is 24.3 Å². The van der Waals surface area contributed by atoms with Gasteiger partial charge >= 0.3 is 0 Å². The lowest BCUT2D eigenvalue weighted by atomic mass is 10.0. The van der Waals surface area contributed by atoms with E-state index < -0.39 is 0 Å². The molecule has 0 fully saturated rings. The molecule has 0 amide bonds. The Labute approximate surface area is 77.0 Å². The second kappa shape index (κ2) is 2.78. The fourth-order valence-electron chi connectivity index (χ4n) is 1.21. The van der Waals surface area contributed by atoms with Gasteiger partial charge in [-0.2, -0.15) is 10.2 Å². The van der Waals surface area contributed by atoms with E-state index in [1.165, 1.54) is 0 Å². The van der Waals surface area contributed by atoms with E-state index >= 15 is 0 Å². The van der Waals surface area contributed by atoms with Crippen LogP contribution >= 0.6 is 0 Å². The maximum Gasteiger partial charge on any atom is 0.0574 e. The summed E-state index contributed by atoms with van der Waals surface area (Å²) >= 11 is 0. The van der Waals surface area contributed by atoms with Crippen LogP contribution in [-0.4, -0.2) is 15.7 Å². The van der Waals surface area contributed by atoms with Gasteiger partial charge < -0.3 is 5.73 Å². The molecule has 13 heavy (non-hydrogen) atoms. The topological polar surface area (TPSA) is 51.8 Å². The number of rotatable bonds is 0. The van der Waals surface area contributed by atoms with Crippen molar-refractivity contribution in [2.75, 3.05) is 0 Å². The normalized spacial score (nSPS) is 18.0. The Morgan fingerprint density at radius 3 is 2.00 bits per heavy atom. The molecule has 0 spiro atoms. The van der Waals surface area contributed by atoms with Gasteiger partial charge in [-0.05, 0) is 6.92 Å². The Bertz CT molecular complexity index is 343. The standard InChI is InChI=1S/C10H11N3/c1-10(11)4-2-8-6-12-13-7-9(8)3-5-10/h2-7H,11H2,1H3. The summed E-state index contributed by atoms with van der Waals surface area (Å²) in [5, 5.41) is 7.62. The molecule has 66 valence electrons. The fraction of sp³-hybridized carbons (Fsp3) is 0.200. The Morgan fingerprint density at radius 2 is 1.54 bits per heavy atom. The third kappa shape index (κ3) is 1.65. The largest absolute Gasteiger partial charge is 0.319 e. The molecule has 0 saturated carbocycles. The van der Waals surface area contributed by atoms with Crippen LogP contribution in [0, 0.1) is 0 Å². The average molecular weight is 173 g/mol. The minimum absolute atomic E-state index is 0.376. The zero-order valence-electron chi connectivity index (χ0n) is 7.44. The Kier molecular flexibility index (Phi) is 1.74. The van der Waals surface area contributed by atoms with E-state index in [2.05, 4.69) is 10.2 Å². The molecule has 1 aromatic heterocycles. The summed E-state index contributed by atoms with van der Waals surface area (Å²) in [6.07, 6.45) is 11.3. The van der Waals surface area contributed by atoms with E-state index in [0.717, 1.165) is 11.1 Å². The van der Waals surface area contributed by atoms with E-state index in [0.29, 0.717) is 0 Å². The molecule has 1 aromatic rings. The Morgan fingerprint density at radius 1 is 1.08 bits per heavy atom. The zero-order valence-corrected chi connectivity index (χ0v) is 7.44. The quantitative estimate of drug-likeness (QED) is 0.642. The Balaban J connectivity index is 2.53. The molecule has 3 nitrogen and oxygen atoms in total. The number of fused-ring (bicyclic) bond motifs is 1. The Hall–Kier alpha value is -1.48. The van der Waals surface area contributed by atoms with Crippen molar-refractivity contribution in [1.82, 2.24) is 10.2 Å². The van der Waals surface area contributed by atoms with Crippen LogP contribution in [0.15, 0.2) is 24.5 Å². The van der Waals surface area contributed by atoms with Crippen LogP contribution < -0.4 is 5.73 Å². The average Bonchev–Trinajstić information content (AvgIpc) is 2.27. The molecule has 3 heteroatoms. The van der Waals surface area contributed by atoms with Crippen LogP contribution in [0.2, 0.25) is 0 Å². The van der Waals surface area contributed by atoms with Gasteiger partial charge in [0, 0.05) is 11.1 Å². The lowest BCUT2D eigenvalue weighted by Gasteiger charge is -2.12. The number of hydrogen-bond donors (Lipinski definition) is 1. The van der Waals surface area contributed by atoms with Crippen molar-refractivity contribution in [3.8, 4) is 0 Å². The molecule has 2 N–H and O–H groups in total. The van der Waals surface area contributed by atoms with E-state index in [-0.39, 0.29) is 5.54 Å². The maximum atomic E-state index is 5.94. The molecular weight excluding hydrogens is 162 g/mol. The van der Waals surface area contributed by atoms with Crippen LogP contribution in [0.5, 0.6) is 0 Å². The van der Waals surface area contributed by atoms with Gasteiger partial charge in [0.05, 0.1) is 17.9 Å². The minimum Gasteiger partial charge on any atom is -0.319 e. The molecule has 0 radical (unpaired) electrons. The van der Waals surface area contributed by atoms with Gasteiger partial charge in [0.25, 0.3) is 0 Å². The second-order valence-corrected chi connectivity index (χ2v) is 3.43. The third-order valence-corrected chi connectivity index (χ3v) is 2.04. The summed E-state index contributed by atoms with van der Waals surface area (Å²) < 4.78 is 0. The van der Waals surface area contributed by atoms with Gasteiger partial charge in [0.1, 0.15) is 0 Å². The van der Waals surface area contributed by atoms with Crippen molar-refractivity contribution >= 4 is 12.2 Å². The summed E-state index contributed by atoms with van der Waals surface area (Å²) in [5.41, 5.74) is 7.68. The van der Waals surface area contributed by atoms with Gasteiger partial charge in [-0.3, -0.25) is 0 Å². The monoisotopic (exact) mass is 173 g/mol. The van der Waals surface area contributed by atoms with Crippen LogP contribution in [0.4, 0.5) is 0 Å². The first-order valence-electron chi connectivity index (χ1n) is 4.15. The highest BCUT2D eigenvalue weighted by molar-refractivity contribution is 5.68. The highest BCUT2D eigenvalue weighted by atomic mass is 15.1. The van der Waals surface area contributed by atoms with E-state index in [1.807, 2.05) is 31.2 Å². The summed E-state index contributed by atoms with van der Waals surface area (Å²) in [6, 6.07) is 0. The molecule has 1 heterocycles. The highest BCUT2D eigenvalue weighted by Gasteiger charge is 2.12. The van der Waals surface area contributed by atoms with E-state index in [9.17, 15) is 0 Å². The predicted molar refractivity (Wildman–Crippen MR) is 52.7 cm³/mol. The van der Waals surface area contributed by atoms with Crippen LogP contribution in [0.25, 0.3) is 12.2 Å². The van der Waals surface area contributed by atoms with Crippen molar-refractivity contribution in [1.29, 1.82) is 0 Å². The maximum absolute atomic E-state index is 5.94. The van der Waals surface area contributed by atoms with Crippen LogP contribution in [0.1, 0.15) is 18.1 Å². The molecule has 0 unspecified atom stereocenters. The van der Waals surface area contributed by atoms with Crippen molar-refractivity contribution in [2.24, 2.45) is 5.73 Å². The highest BCUT2D eigenvalue weighted by Crippen LogP contribution is 2.18. The molecule has 1 aliphatic rings. The number of aromatic nitrogens is 2. The van der Waals surface area contributed by atoms with Gasteiger partial charge in [-0.15, -0.1) is 0 Å². The first-order chi connectivity index (χ1) is 6.17. The molecule has 1 aliphatic carbocycles. The zero-order chi connectivity index (χ0) is 9.31. The lowest BCUT2D eigenvalue weighted by Crippen LogP contribution is -2.29. The molecule has 0 aliphatic heterocycles. The van der Waals surface area contributed by atoms with E-state index in [4.69, 9.17) is 5.73 Å². The number of nitrogens with two attached hydrogens (primary N) is 1. The summed E-state index contributed by atoms with van der Waals surface area (Å²) in [5.74, 6) is 0. The molecular formula is C10H11N3. The summed E-state index contributed by atoms with van der Waals surface area (Å²) in [6.45, 7) is 1.95. The van der Waals surface area contributed by atoms with Crippen LogP contribution in [0.3, 0.4) is 0 Å². The molecule has 0 atom stereocenters. The summed E-state index contributed by atoms with van der Waals surface area (Å²) in [4.78, 5) is 0. The first-order valence-corrected chi connectivity index (χ1v) is 4.15. The van der Waals surface area contributed by atoms with Crippen molar-refractivity contribution in [3.05, 3.63) is 35.7 Å². The minimum atomic E-state index is -0.376. The van der Waals surface area contributed by atoms with Gasteiger partial charge in [-0.25, -0.2) is 0 Å². The van der Waals surface area contributed by atoms with E-state index in [1.54, 1.807) is 12.4 Å².